The molecule has 0 spiro atoms. The highest BCUT2D eigenvalue weighted by Crippen LogP contribution is 2.45. The Morgan fingerprint density at radius 1 is 1.73 bits per heavy atom. The van der Waals surface area contributed by atoms with E-state index in [4.69, 9.17) is 5.11 Å². The van der Waals surface area contributed by atoms with E-state index in [2.05, 4.69) is 20.6 Å². The minimum absolute atomic E-state index is 0.0220. The Morgan fingerprint density at radius 2 is 2.55 bits per heavy atom. The van der Waals surface area contributed by atoms with Gasteiger partial charge in [-0.1, -0.05) is 5.21 Å². The van der Waals surface area contributed by atoms with Crippen LogP contribution in [0.3, 0.4) is 0 Å². The van der Waals surface area contributed by atoms with E-state index in [0.29, 0.717) is 12.2 Å². The Labute approximate surface area is 61.6 Å². The highest BCUT2D eigenvalue weighted by molar-refractivity contribution is 5.74. The summed E-state index contributed by atoms with van der Waals surface area (Å²) in [6.07, 6.45) is 0.634. The second-order valence-electron chi connectivity index (χ2n) is 2.56. The maximum absolute atomic E-state index is 10.4. The van der Waals surface area contributed by atoms with Crippen LogP contribution in [0.15, 0.2) is 0 Å². The van der Waals surface area contributed by atoms with Crippen LogP contribution in [0.1, 0.15) is 18.2 Å². The van der Waals surface area contributed by atoms with Crippen LogP contribution in [0.25, 0.3) is 0 Å². The molecule has 2 atom stereocenters. The van der Waals surface area contributed by atoms with Gasteiger partial charge in [-0.2, -0.15) is 5.21 Å². The monoisotopic (exact) mass is 154 g/mol. The molecule has 0 amide bonds. The second kappa shape index (κ2) is 2.01. The molecule has 0 aliphatic heterocycles. The summed E-state index contributed by atoms with van der Waals surface area (Å²) in [5, 5.41) is 21.6. The van der Waals surface area contributed by atoms with Crippen molar-refractivity contribution in [2.75, 3.05) is 0 Å². The van der Waals surface area contributed by atoms with Crippen LogP contribution in [-0.4, -0.2) is 31.7 Å². The maximum atomic E-state index is 10.4. The number of hydrogen-bond donors (Lipinski definition) is 2. The molecule has 1 aliphatic rings. The third-order valence-corrected chi connectivity index (χ3v) is 1.80. The summed E-state index contributed by atoms with van der Waals surface area (Å²) in [5.74, 6) is -0.587. The van der Waals surface area contributed by atoms with E-state index < -0.39 is 5.97 Å². The first kappa shape index (κ1) is 6.26. The van der Waals surface area contributed by atoms with Crippen molar-refractivity contribution in [1.29, 1.82) is 0 Å². The number of carboxylic acid groups (broad SMARTS) is 1. The number of aliphatic carboxylic acids is 1. The van der Waals surface area contributed by atoms with Gasteiger partial charge in [-0.05, 0) is 6.42 Å². The number of aromatic amines is 1. The van der Waals surface area contributed by atoms with Crippen molar-refractivity contribution >= 4 is 5.97 Å². The molecule has 1 fully saturated rings. The van der Waals surface area contributed by atoms with Gasteiger partial charge in [0.15, 0.2) is 5.82 Å². The number of aromatic nitrogens is 4. The predicted molar refractivity (Wildman–Crippen MR) is 32.7 cm³/mol. The molecular formula is C5H6N4O2. The average molecular weight is 154 g/mol. The van der Waals surface area contributed by atoms with Gasteiger partial charge in [-0.25, -0.2) is 0 Å². The minimum atomic E-state index is -0.778. The number of rotatable bonds is 2. The summed E-state index contributed by atoms with van der Waals surface area (Å²) in [7, 11) is 0. The Balaban J connectivity index is 2.08. The van der Waals surface area contributed by atoms with E-state index in [9.17, 15) is 4.79 Å². The summed E-state index contributed by atoms with van der Waals surface area (Å²) in [6.45, 7) is 0. The van der Waals surface area contributed by atoms with E-state index in [-0.39, 0.29) is 11.8 Å². The lowest BCUT2D eigenvalue weighted by atomic mass is 10.3. The topological polar surface area (TPSA) is 91.8 Å². The highest BCUT2D eigenvalue weighted by atomic mass is 16.4. The number of hydrogen-bond acceptors (Lipinski definition) is 4. The van der Waals surface area contributed by atoms with E-state index >= 15 is 0 Å². The van der Waals surface area contributed by atoms with Gasteiger partial charge in [0.2, 0.25) is 0 Å². The summed E-state index contributed by atoms with van der Waals surface area (Å²) >= 11 is 0. The largest absolute Gasteiger partial charge is 0.481 e. The number of carboxylic acids is 1. The van der Waals surface area contributed by atoms with Crippen LogP contribution < -0.4 is 0 Å². The molecule has 58 valence electrons. The smallest absolute Gasteiger partial charge is 0.307 e. The van der Waals surface area contributed by atoms with Gasteiger partial charge >= 0.3 is 5.97 Å². The van der Waals surface area contributed by atoms with Gasteiger partial charge in [-0.3, -0.25) is 4.79 Å². The molecule has 6 heteroatoms. The van der Waals surface area contributed by atoms with Gasteiger partial charge < -0.3 is 5.11 Å². The van der Waals surface area contributed by atoms with Crippen molar-refractivity contribution in [2.24, 2.45) is 5.92 Å². The van der Waals surface area contributed by atoms with E-state index in [1.54, 1.807) is 0 Å². The summed E-state index contributed by atoms with van der Waals surface area (Å²) in [5.41, 5.74) is 0. The number of nitrogens with zero attached hydrogens (tertiary/aromatic N) is 3. The number of carbonyl (C=O) groups is 1. The Morgan fingerprint density at radius 3 is 3.00 bits per heavy atom. The first-order valence-corrected chi connectivity index (χ1v) is 3.25. The fraction of sp³-hybridized carbons (Fsp3) is 0.600. The van der Waals surface area contributed by atoms with Crippen LogP contribution >= 0.6 is 0 Å². The van der Waals surface area contributed by atoms with Gasteiger partial charge in [-0.15, -0.1) is 10.2 Å². The first-order valence-electron chi connectivity index (χ1n) is 3.25. The summed E-state index contributed by atoms with van der Waals surface area (Å²) < 4.78 is 0. The van der Waals surface area contributed by atoms with Crippen molar-refractivity contribution in [3.05, 3.63) is 5.82 Å². The number of tetrazole rings is 1. The molecule has 0 radical (unpaired) electrons. The first-order chi connectivity index (χ1) is 5.29. The summed E-state index contributed by atoms with van der Waals surface area (Å²) in [4.78, 5) is 10.4. The molecule has 1 aliphatic carbocycles. The third kappa shape index (κ3) is 0.957. The summed E-state index contributed by atoms with van der Waals surface area (Å²) in [6, 6.07) is 0. The number of nitrogens with one attached hydrogen (secondary N) is 1. The van der Waals surface area contributed by atoms with Crippen LogP contribution in [0.5, 0.6) is 0 Å². The van der Waals surface area contributed by atoms with Crippen molar-refractivity contribution in [1.82, 2.24) is 20.6 Å². The minimum Gasteiger partial charge on any atom is -0.481 e. The SMILES string of the molecule is O=C(O)[C@@H]1C[C@H]1c1nn[nH]n1. The van der Waals surface area contributed by atoms with E-state index in [0.717, 1.165) is 0 Å². The molecule has 2 rings (SSSR count). The third-order valence-electron chi connectivity index (χ3n) is 1.80. The Hall–Kier alpha value is -1.46. The van der Waals surface area contributed by atoms with Crippen LogP contribution in [0.2, 0.25) is 0 Å². The van der Waals surface area contributed by atoms with Crippen LogP contribution in [0, 0.1) is 5.92 Å². The molecule has 6 nitrogen and oxygen atoms in total. The normalized spacial score (nSPS) is 28.4. The molecule has 0 saturated heterocycles. The van der Waals surface area contributed by atoms with Crippen LogP contribution in [-0.2, 0) is 4.79 Å². The van der Waals surface area contributed by atoms with Gasteiger partial charge in [0.25, 0.3) is 0 Å². The Kier molecular flexibility index (Phi) is 1.14. The van der Waals surface area contributed by atoms with Gasteiger partial charge in [0.05, 0.1) is 5.92 Å². The van der Waals surface area contributed by atoms with E-state index in [1.165, 1.54) is 0 Å². The molecular weight excluding hydrogens is 148 g/mol. The maximum Gasteiger partial charge on any atom is 0.307 e. The molecule has 11 heavy (non-hydrogen) atoms. The van der Waals surface area contributed by atoms with Gasteiger partial charge in [0, 0.05) is 5.92 Å². The lowest BCUT2D eigenvalue weighted by Gasteiger charge is -1.85. The molecule has 1 aromatic heterocycles. The lowest BCUT2D eigenvalue weighted by molar-refractivity contribution is -0.138. The zero-order chi connectivity index (χ0) is 7.84. The van der Waals surface area contributed by atoms with Crippen molar-refractivity contribution in [3.8, 4) is 0 Å². The molecule has 0 unspecified atom stereocenters. The molecule has 1 heterocycles. The molecule has 2 N–H and O–H groups in total. The fourth-order valence-electron chi connectivity index (χ4n) is 1.08. The molecule has 0 bridgehead atoms. The zero-order valence-electron chi connectivity index (χ0n) is 5.56. The average Bonchev–Trinajstić information content (AvgIpc) is 2.60. The van der Waals surface area contributed by atoms with E-state index in [1.807, 2.05) is 0 Å². The van der Waals surface area contributed by atoms with Crippen molar-refractivity contribution in [2.45, 2.75) is 12.3 Å². The quantitative estimate of drug-likeness (QED) is 0.592. The molecule has 0 aromatic carbocycles. The predicted octanol–water partition coefficient (Wildman–Crippen LogP) is -0.612. The van der Waals surface area contributed by atoms with Crippen LogP contribution in [0.4, 0.5) is 0 Å². The van der Waals surface area contributed by atoms with Crippen molar-refractivity contribution in [3.63, 3.8) is 0 Å². The van der Waals surface area contributed by atoms with Gasteiger partial charge in [0.1, 0.15) is 0 Å². The molecule has 1 aromatic rings. The standard InChI is InChI=1S/C5H6N4O2/c10-5(11)3-1-2(3)4-6-8-9-7-4/h2-3H,1H2,(H,10,11)(H,6,7,8,9)/t2-,3-/m1/s1. The Bertz CT molecular complexity index is 270. The highest BCUT2D eigenvalue weighted by Gasteiger charge is 2.46. The lowest BCUT2D eigenvalue weighted by Crippen LogP contribution is -1.99. The zero-order valence-corrected chi connectivity index (χ0v) is 5.56. The molecule has 1 saturated carbocycles. The second-order valence-corrected chi connectivity index (χ2v) is 2.56. The number of H-pyrrole nitrogens is 1. The van der Waals surface area contributed by atoms with Crippen molar-refractivity contribution < 1.29 is 9.90 Å². The fourth-order valence-corrected chi connectivity index (χ4v) is 1.08.